The lowest BCUT2D eigenvalue weighted by molar-refractivity contribution is -0.115. The van der Waals surface area contributed by atoms with Gasteiger partial charge >= 0.3 is 0 Å². The first-order chi connectivity index (χ1) is 15.0. The van der Waals surface area contributed by atoms with Crippen molar-refractivity contribution in [2.75, 3.05) is 11.9 Å². The second kappa shape index (κ2) is 9.76. The third kappa shape index (κ3) is 5.06. The Morgan fingerprint density at radius 1 is 1.29 bits per heavy atom. The number of anilines is 1. The molecule has 1 fully saturated rings. The molecule has 2 aromatic heterocycles. The van der Waals surface area contributed by atoms with Crippen LogP contribution in [-0.2, 0) is 16.1 Å². The number of thiophene rings is 1. The van der Waals surface area contributed by atoms with E-state index >= 15 is 0 Å². The number of thioether (sulfide) groups is 1. The van der Waals surface area contributed by atoms with Gasteiger partial charge < -0.3 is 10.1 Å². The Kier molecular flexibility index (Phi) is 6.84. The number of aromatic nitrogens is 3. The molecule has 0 saturated carbocycles. The molecule has 31 heavy (non-hydrogen) atoms. The maximum Gasteiger partial charge on any atom is 0.237 e. The van der Waals surface area contributed by atoms with Gasteiger partial charge in [-0.05, 0) is 50.3 Å². The maximum absolute atomic E-state index is 12.9. The zero-order valence-corrected chi connectivity index (χ0v) is 19.0. The number of carbonyl (C=O) groups excluding carboxylic acids is 2. The summed E-state index contributed by atoms with van der Waals surface area (Å²) in [6, 6.07) is 11.0. The molecule has 7 nitrogen and oxygen atoms in total. The summed E-state index contributed by atoms with van der Waals surface area (Å²) in [5, 5.41) is 13.9. The van der Waals surface area contributed by atoms with Crippen molar-refractivity contribution in [3.63, 3.8) is 0 Å². The second-order valence-corrected chi connectivity index (χ2v) is 9.64. The van der Waals surface area contributed by atoms with Crippen molar-refractivity contribution in [2.45, 2.75) is 49.7 Å². The van der Waals surface area contributed by atoms with Gasteiger partial charge in [-0.15, -0.1) is 21.5 Å². The lowest BCUT2D eigenvalue weighted by atomic mass is 10.1. The highest BCUT2D eigenvalue weighted by Gasteiger charge is 2.25. The van der Waals surface area contributed by atoms with Gasteiger partial charge in [0.15, 0.2) is 16.8 Å². The highest BCUT2D eigenvalue weighted by atomic mass is 32.2. The average molecular weight is 457 g/mol. The van der Waals surface area contributed by atoms with Crippen molar-refractivity contribution in [1.82, 2.24) is 14.8 Å². The molecule has 3 aromatic rings. The Morgan fingerprint density at radius 3 is 2.84 bits per heavy atom. The summed E-state index contributed by atoms with van der Waals surface area (Å²) >= 11 is 2.96. The van der Waals surface area contributed by atoms with Crippen LogP contribution in [0, 0.1) is 0 Å². The zero-order valence-electron chi connectivity index (χ0n) is 17.4. The summed E-state index contributed by atoms with van der Waals surface area (Å²) in [5.74, 6) is 0.513. The van der Waals surface area contributed by atoms with E-state index in [0.717, 1.165) is 30.2 Å². The van der Waals surface area contributed by atoms with Crippen molar-refractivity contribution < 1.29 is 14.3 Å². The van der Waals surface area contributed by atoms with E-state index in [9.17, 15) is 9.59 Å². The number of para-hydroxylation sites is 1. The molecule has 1 saturated heterocycles. The maximum atomic E-state index is 12.9. The number of Topliss-reactive ketones (excluding diaryl/α,β-unsaturated/α-hetero) is 1. The molecule has 1 aliphatic heterocycles. The van der Waals surface area contributed by atoms with E-state index in [2.05, 4.69) is 20.1 Å². The van der Waals surface area contributed by atoms with Gasteiger partial charge in [0.1, 0.15) is 0 Å². The molecule has 0 spiro atoms. The van der Waals surface area contributed by atoms with Gasteiger partial charge in [0, 0.05) is 12.2 Å². The fourth-order valence-electron chi connectivity index (χ4n) is 3.47. The van der Waals surface area contributed by atoms with Crippen LogP contribution >= 0.6 is 23.1 Å². The molecule has 9 heteroatoms. The fourth-order valence-corrected chi connectivity index (χ4v) is 5.04. The summed E-state index contributed by atoms with van der Waals surface area (Å²) in [7, 11) is 0. The first-order valence-corrected chi connectivity index (χ1v) is 11.9. The summed E-state index contributed by atoms with van der Waals surface area (Å²) < 4.78 is 7.88. The van der Waals surface area contributed by atoms with Gasteiger partial charge in [-0.3, -0.25) is 14.2 Å². The smallest absolute Gasteiger partial charge is 0.237 e. The minimum atomic E-state index is -0.427. The Morgan fingerprint density at radius 2 is 2.13 bits per heavy atom. The van der Waals surface area contributed by atoms with Crippen molar-refractivity contribution >= 4 is 40.5 Å². The van der Waals surface area contributed by atoms with Gasteiger partial charge in [0.05, 0.1) is 28.5 Å². The van der Waals surface area contributed by atoms with Crippen LogP contribution in [0.15, 0.2) is 46.9 Å². The lowest BCUT2D eigenvalue weighted by Gasteiger charge is -2.16. The number of ketones is 1. The van der Waals surface area contributed by atoms with Crippen molar-refractivity contribution in [1.29, 1.82) is 0 Å². The van der Waals surface area contributed by atoms with Gasteiger partial charge in [0.25, 0.3) is 0 Å². The van der Waals surface area contributed by atoms with E-state index in [4.69, 9.17) is 4.74 Å². The fraction of sp³-hybridized carbons (Fsp3) is 0.364. The normalized spacial score (nSPS) is 16.9. The number of hydrogen-bond donors (Lipinski definition) is 1. The van der Waals surface area contributed by atoms with Crippen LogP contribution in [-0.4, -0.2) is 44.4 Å². The molecule has 1 aromatic carbocycles. The van der Waals surface area contributed by atoms with Crippen LogP contribution in [0.2, 0.25) is 0 Å². The molecule has 2 unspecified atom stereocenters. The molecule has 1 N–H and O–H groups in total. The monoisotopic (exact) mass is 456 g/mol. The van der Waals surface area contributed by atoms with Gasteiger partial charge in [0.2, 0.25) is 5.91 Å². The van der Waals surface area contributed by atoms with E-state index in [1.54, 1.807) is 35.6 Å². The Hall–Kier alpha value is -2.49. The molecule has 2 atom stereocenters. The molecule has 0 radical (unpaired) electrons. The third-order valence-corrected chi connectivity index (χ3v) is 7.03. The molecular weight excluding hydrogens is 432 g/mol. The van der Waals surface area contributed by atoms with Crippen molar-refractivity contribution in [3.8, 4) is 10.7 Å². The quantitative estimate of drug-likeness (QED) is 0.397. The summed E-state index contributed by atoms with van der Waals surface area (Å²) in [6.45, 7) is 4.75. The number of ether oxygens (including phenoxy) is 1. The van der Waals surface area contributed by atoms with Crippen LogP contribution in [0.25, 0.3) is 10.7 Å². The van der Waals surface area contributed by atoms with Crippen LogP contribution in [0.4, 0.5) is 5.69 Å². The number of amides is 1. The zero-order chi connectivity index (χ0) is 21.8. The first-order valence-electron chi connectivity index (χ1n) is 10.2. The number of rotatable bonds is 8. The van der Waals surface area contributed by atoms with E-state index in [1.165, 1.54) is 18.7 Å². The SMILES string of the molecule is CC(=O)c1ccccc1NC(=O)C(C)Sc1nnc(-c2cccs2)n1CC1CCCO1. The highest BCUT2D eigenvalue weighted by Crippen LogP contribution is 2.31. The van der Waals surface area contributed by atoms with E-state index in [0.29, 0.717) is 23.0 Å². The lowest BCUT2D eigenvalue weighted by Crippen LogP contribution is -2.24. The molecule has 1 aliphatic rings. The second-order valence-electron chi connectivity index (χ2n) is 7.38. The summed E-state index contributed by atoms with van der Waals surface area (Å²) in [5.41, 5.74) is 1.02. The van der Waals surface area contributed by atoms with E-state index in [-0.39, 0.29) is 17.8 Å². The molecule has 1 amide bonds. The predicted molar refractivity (Wildman–Crippen MR) is 123 cm³/mol. The first kappa shape index (κ1) is 21.7. The number of carbonyl (C=O) groups is 2. The van der Waals surface area contributed by atoms with Crippen LogP contribution < -0.4 is 5.32 Å². The molecule has 162 valence electrons. The van der Waals surface area contributed by atoms with Crippen molar-refractivity contribution in [3.05, 3.63) is 47.3 Å². The Bertz CT molecular complexity index is 1060. The van der Waals surface area contributed by atoms with Crippen LogP contribution in [0.5, 0.6) is 0 Å². The number of hydrogen-bond acceptors (Lipinski definition) is 7. The topological polar surface area (TPSA) is 86.1 Å². The minimum Gasteiger partial charge on any atom is -0.376 e. The molecule has 0 aliphatic carbocycles. The Balaban J connectivity index is 1.53. The largest absolute Gasteiger partial charge is 0.376 e. The molecule has 0 bridgehead atoms. The van der Waals surface area contributed by atoms with E-state index in [1.807, 2.05) is 24.4 Å². The van der Waals surface area contributed by atoms with Crippen LogP contribution in [0.3, 0.4) is 0 Å². The van der Waals surface area contributed by atoms with Gasteiger partial charge in [-0.2, -0.15) is 0 Å². The summed E-state index contributed by atoms with van der Waals surface area (Å²) in [6.07, 6.45) is 2.18. The minimum absolute atomic E-state index is 0.0897. The molecular formula is C22H24N4O3S2. The summed E-state index contributed by atoms with van der Waals surface area (Å²) in [4.78, 5) is 25.7. The van der Waals surface area contributed by atoms with E-state index < -0.39 is 5.25 Å². The standard InChI is InChI=1S/C22H24N4O3S2/c1-14(27)17-8-3-4-9-18(17)23-21(28)15(2)31-22-25-24-20(19-10-6-12-30-19)26(22)13-16-7-5-11-29-16/h3-4,6,8-10,12,15-16H,5,7,11,13H2,1-2H3,(H,23,28). The molecule has 4 rings (SSSR count). The van der Waals surface area contributed by atoms with Crippen molar-refractivity contribution in [2.24, 2.45) is 0 Å². The predicted octanol–water partition coefficient (Wildman–Crippen LogP) is 4.51. The third-order valence-electron chi connectivity index (χ3n) is 5.08. The molecule has 3 heterocycles. The van der Waals surface area contributed by atoms with Gasteiger partial charge in [-0.25, -0.2) is 0 Å². The van der Waals surface area contributed by atoms with Crippen LogP contribution in [0.1, 0.15) is 37.0 Å². The number of nitrogens with zero attached hydrogens (tertiary/aromatic N) is 3. The van der Waals surface area contributed by atoms with Gasteiger partial charge in [-0.1, -0.05) is 30.0 Å². The average Bonchev–Trinajstić information content (AvgIpc) is 3.51. The number of nitrogens with one attached hydrogen (secondary N) is 1. The number of benzene rings is 1. The Labute approximate surface area is 189 Å². The highest BCUT2D eigenvalue weighted by molar-refractivity contribution is 8.00.